The van der Waals surface area contributed by atoms with Gasteiger partial charge in [0.05, 0.1) is 11.7 Å². The van der Waals surface area contributed by atoms with Gasteiger partial charge in [0.1, 0.15) is 0 Å². The molecule has 1 heterocycles. The summed E-state index contributed by atoms with van der Waals surface area (Å²) in [5.74, 6) is 0.130. The van der Waals surface area contributed by atoms with E-state index in [1.807, 2.05) is 20.2 Å². The van der Waals surface area contributed by atoms with Crippen LogP contribution in [0.25, 0.3) is 4.91 Å². The van der Waals surface area contributed by atoms with Crippen molar-refractivity contribution in [3.63, 3.8) is 0 Å². The first-order valence-corrected chi connectivity index (χ1v) is 9.08. The van der Waals surface area contributed by atoms with Crippen molar-refractivity contribution in [1.82, 2.24) is 10.2 Å². The van der Waals surface area contributed by atoms with E-state index in [1.54, 1.807) is 11.8 Å². The van der Waals surface area contributed by atoms with Gasteiger partial charge >= 0.3 is 0 Å². The molecule has 5 heteroatoms. The van der Waals surface area contributed by atoms with Gasteiger partial charge in [-0.05, 0) is 57.5 Å². The molecule has 0 spiro atoms. The minimum atomic E-state index is 0.0293. The van der Waals surface area contributed by atoms with E-state index in [4.69, 9.17) is 0 Å². The van der Waals surface area contributed by atoms with Gasteiger partial charge in [-0.15, -0.1) is 11.8 Å². The van der Waals surface area contributed by atoms with Gasteiger partial charge in [-0.1, -0.05) is 24.3 Å². The Kier molecular flexibility index (Phi) is 6.42. The number of carbonyl (C=O) groups excluding carboxylic acids is 1. The standard InChI is InChI=1S/C18H25N3OS/c1-13(19-2)17(23-4)15-9-7-14(8-10-15)12-20-18(22)16-6-5-11-21(16)3/h7-10,16H,2,5-6,11-12H2,1,3-4H3,(H,20,22)/b17-13-. The second-order valence-corrected chi connectivity index (χ2v) is 6.65. The largest absolute Gasteiger partial charge is 0.351 e. The number of hydrogen-bond donors (Lipinski definition) is 1. The van der Waals surface area contributed by atoms with Crippen LogP contribution in [0.5, 0.6) is 0 Å². The highest BCUT2D eigenvalue weighted by molar-refractivity contribution is 8.07. The van der Waals surface area contributed by atoms with Crippen molar-refractivity contribution in [3.05, 3.63) is 41.1 Å². The predicted molar refractivity (Wildman–Crippen MR) is 99.6 cm³/mol. The first-order chi connectivity index (χ1) is 11.1. The number of aliphatic imine (C=N–C) groups is 1. The number of allylic oxidation sites excluding steroid dienone is 1. The van der Waals surface area contributed by atoms with Gasteiger partial charge in [0, 0.05) is 11.4 Å². The van der Waals surface area contributed by atoms with E-state index >= 15 is 0 Å². The molecular formula is C18H25N3OS. The number of benzene rings is 1. The van der Waals surface area contributed by atoms with Gasteiger partial charge in [0.15, 0.2) is 0 Å². The highest BCUT2D eigenvalue weighted by Crippen LogP contribution is 2.29. The lowest BCUT2D eigenvalue weighted by Gasteiger charge is -2.18. The van der Waals surface area contributed by atoms with Crippen molar-refractivity contribution in [1.29, 1.82) is 0 Å². The van der Waals surface area contributed by atoms with Crippen LogP contribution in [0.1, 0.15) is 30.9 Å². The van der Waals surface area contributed by atoms with Crippen LogP contribution in [-0.2, 0) is 11.3 Å². The third-order valence-electron chi connectivity index (χ3n) is 4.28. The summed E-state index contributed by atoms with van der Waals surface area (Å²) in [6.45, 7) is 7.13. The van der Waals surface area contributed by atoms with Crippen molar-refractivity contribution in [2.45, 2.75) is 32.4 Å². The monoisotopic (exact) mass is 331 g/mol. The van der Waals surface area contributed by atoms with Gasteiger partial charge in [0.2, 0.25) is 5.91 Å². The summed E-state index contributed by atoms with van der Waals surface area (Å²) < 4.78 is 0. The molecule has 1 fully saturated rings. The molecule has 1 unspecified atom stereocenters. The second kappa shape index (κ2) is 8.31. The molecule has 1 saturated heterocycles. The second-order valence-electron chi connectivity index (χ2n) is 5.83. The zero-order chi connectivity index (χ0) is 16.8. The molecular weight excluding hydrogens is 306 g/mol. The van der Waals surface area contributed by atoms with Crippen LogP contribution < -0.4 is 5.32 Å². The normalized spacial score (nSPS) is 19.3. The maximum atomic E-state index is 12.2. The summed E-state index contributed by atoms with van der Waals surface area (Å²) in [5.41, 5.74) is 3.17. The lowest BCUT2D eigenvalue weighted by molar-refractivity contribution is -0.125. The number of rotatable bonds is 6. The zero-order valence-corrected chi connectivity index (χ0v) is 14.9. The van der Waals surface area contributed by atoms with E-state index in [0.29, 0.717) is 6.54 Å². The molecule has 4 nitrogen and oxygen atoms in total. The molecule has 1 amide bonds. The average molecular weight is 331 g/mol. The fourth-order valence-electron chi connectivity index (χ4n) is 2.87. The van der Waals surface area contributed by atoms with Crippen LogP contribution in [0.4, 0.5) is 0 Å². The number of likely N-dealkylation sites (tertiary alicyclic amines) is 1. The molecule has 23 heavy (non-hydrogen) atoms. The van der Waals surface area contributed by atoms with Crippen LogP contribution in [0.15, 0.2) is 35.0 Å². The number of nitrogens with one attached hydrogen (secondary N) is 1. The van der Waals surface area contributed by atoms with E-state index in [-0.39, 0.29) is 11.9 Å². The van der Waals surface area contributed by atoms with Gasteiger partial charge in [-0.25, -0.2) is 0 Å². The van der Waals surface area contributed by atoms with E-state index in [0.717, 1.165) is 41.1 Å². The van der Waals surface area contributed by atoms with E-state index in [9.17, 15) is 4.79 Å². The van der Waals surface area contributed by atoms with Crippen LogP contribution in [0, 0.1) is 0 Å². The van der Waals surface area contributed by atoms with Crippen molar-refractivity contribution in [2.75, 3.05) is 19.8 Å². The number of thioether (sulfide) groups is 1. The fourth-order valence-corrected chi connectivity index (χ4v) is 3.60. The van der Waals surface area contributed by atoms with E-state index < -0.39 is 0 Å². The molecule has 1 atom stereocenters. The van der Waals surface area contributed by atoms with Crippen molar-refractivity contribution in [2.24, 2.45) is 4.99 Å². The SMILES string of the molecule is C=N/C(C)=C(\SC)c1ccc(CNC(=O)C2CCCN2C)cc1. The number of hydrogen-bond acceptors (Lipinski definition) is 4. The highest BCUT2D eigenvalue weighted by Gasteiger charge is 2.27. The minimum absolute atomic E-state index is 0.0293. The summed E-state index contributed by atoms with van der Waals surface area (Å²) in [4.78, 5) is 19.5. The topological polar surface area (TPSA) is 44.7 Å². The van der Waals surface area contributed by atoms with Crippen molar-refractivity contribution < 1.29 is 4.79 Å². The van der Waals surface area contributed by atoms with Gasteiger partial charge in [-0.2, -0.15) is 0 Å². The first kappa shape index (κ1) is 17.8. The molecule has 2 rings (SSSR count). The quantitative estimate of drug-likeness (QED) is 0.815. The fraction of sp³-hybridized carbons (Fsp3) is 0.444. The first-order valence-electron chi connectivity index (χ1n) is 7.85. The van der Waals surface area contributed by atoms with E-state index in [1.165, 1.54) is 0 Å². The molecule has 0 bridgehead atoms. The molecule has 0 saturated carbocycles. The Labute approximate surface area is 143 Å². The third-order valence-corrected chi connectivity index (χ3v) is 5.22. The Morgan fingerprint density at radius 2 is 2.13 bits per heavy atom. The van der Waals surface area contributed by atoms with Gasteiger partial charge in [0.25, 0.3) is 0 Å². The lowest BCUT2D eigenvalue weighted by Crippen LogP contribution is -2.41. The predicted octanol–water partition coefficient (Wildman–Crippen LogP) is 3.15. The molecule has 0 aromatic heterocycles. The Morgan fingerprint density at radius 1 is 1.43 bits per heavy atom. The smallest absolute Gasteiger partial charge is 0.237 e. The Hall–Kier alpha value is -1.59. The highest BCUT2D eigenvalue weighted by atomic mass is 32.2. The average Bonchev–Trinajstić information content (AvgIpc) is 3.00. The maximum absolute atomic E-state index is 12.2. The molecule has 124 valence electrons. The zero-order valence-electron chi connectivity index (χ0n) is 14.1. The Morgan fingerprint density at radius 3 is 2.65 bits per heavy atom. The minimum Gasteiger partial charge on any atom is -0.351 e. The van der Waals surface area contributed by atoms with Crippen LogP contribution in [-0.4, -0.2) is 43.4 Å². The summed E-state index contributed by atoms with van der Waals surface area (Å²) in [5, 5.41) is 3.04. The van der Waals surface area contributed by atoms with Gasteiger partial charge in [-0.3, -0.25) is 14.7 Å². The van der Waals surface area contributed by atoms with Crippen LogP contribution in [0.2, 0.25) is 0 Å². The molecule has 0 radical (unpaired) electrons. The van der Waals surface area contributed by atoms with Crippen molar-refractivity contribution in [3.8, 4) is 0 Å². The Bertz CT molecular complexity index is 595. The van der Waals surface area contributed by atoms with Crippen LogP contribution >= 0.6 is 11.8 Å². The van der Waals surface area contributed by atoms with Crippen LogP contribution in [0.3, 0.4) is 0 Å². The summed E-state index contributed by atoms with van der Waals surface area (Å²) in [6.07, 6.45) is 4.09. The summed E-state index contributed by atoms with van der Waals surface area (Å²) in [7, 11) is 2.01. The Balaban J connectivity index is 1.97. The lowest BCUT2D eigenvalue weighted by atomic mass is 10.1. The number of likely N-dealkylation sites (N-methyl/N-ethyl adjacent to an activating group) is 1. The molecule has 1 aromatic carbocycles. The maximum Gasteiger partial charge on any atom is 0.237 e. The molecule has 0 aliphatic carbocycles. The van der Waals surface area contributed by atoms with Crippen molar-refractivity contribution >= 4 is 29.3 Å². The number of amides is 1. The molecule has 1 aromatic rings. The molecule has 1 N–H and O–H groups in total. The van der Waals surface area contributed by atoms with Gasteiger partial charge < -0.3 is 5.32 Å². The number of carbonyl (C=O) groups is 1. The summed E-state index contributed by atoms with van der Waals surface area (Å²) >= 11 is 1.67. The number of nitrogens with zero attached hydrogens (tertiary/aromatic N) is 2. The van der Waals surface area contributed by atoms with E-state index in [2.05, 4.69) is 46.2 Å². The summed E-state index contributed by atoms with van der Waals surface area (Å²) in [6, 6.07) is 8.29. The molecule has 1 aliphatic rings. The molecule has 1 aliphatic heterocycles. The third kappa shape index (κ3) is 4.45.